The Hall–Kier alpha value is -3.45. The van der Waals surface area contributed by atoms with Crippen LogP contribution < -0.4 is 21.7 Å². The number of benzene rings is 2. The molecule has 172 valence electrons. The molecule has 0 spiro atoms. The number of nitrogens with one attached hydrogen (secondary N) is 3. The van der Waals surface area contributed by atoms with Crippen molar-refractivity contribution in [3.8, 4) is 0 Å². The normalized spacial score (nSPS) is 18.7. The van der Waals surface area contributed by atoms with Gasteiger partial charge in [-0.05, 0) is 67.1 Å². The van der Waals surface area contributed by atoms with E-state index >= 15 is 0 Å². The van der Waals surface area contributed by atoms with Crippen LogP contribution in [0, 0.1) is 12.8 Å². The van der Waals surface area contributed by atoms with Crippen LogP contribution in [0.25, 0.3) is 10.8 Å². The maximum Gasteiger partial charge on any atom is 0.242 e. The van der Waals surface area contributed by atoms with Crippen LogP contribution in [0.15, 0.2) is 54.6 Å². The summed E-state index contributed by atoms with van der Waals surface area (Å²) in [4.78, 5) is 29.4. The van der Waals surface area contributed by atoms with Gasteiger partial charge in [0, 0.05) is 12.2 Å². The molecule has 1 saturated heterocycles. The van der Waals surface area contributed by atoms with Crippen molar-refractivity contribution in [2.75, 3.05) is 12.3 Å². The molecule has 2 heterocycles. The molecule has 0 bridgehead atoms. The third kappa shape index (κ3) is 5.68. The number of fused-ring (bicyclic) bond motifs is 1. The number of pyridine rings is 1. The van der Waals surface area contributed by atoms with Crippen molar-refractivity contribution in [3.63, 3.8) is 0 Å². The van der Waals surface area contributed by atoms with Gasteiger partial charge in [-0.15, -0.1) is 0 Å². The van der Waals surface area contributed by atoms with E-state index in [1.807, 2.05) is 19.1 Å². The van der Waals surface area contributed by atoms with Gasteiger partial charge in [-0.2, -0.15) is 0 Å². The molecule has 2 amide bonds. The molecule has 2 unspecified atom stereocenters. The van der Waals surface area contributed by atoms with E-state index < -0.39 is 6.04 Å². The first kappa shape index (κ1) is 22.7. The van der Waals surface area contributed by atoms with Gasteiger partial charge < -0.3 is 21.7 Å². The Morgan fingerprint density at radius 1 is 1.15 bits per heavy atom. The van der Waals surface area contributed by atoms with Crippen LogP contribution in [0.2, 0.25) is 0 Å². The number of nitrogen functional groups attached to an aromatic ring is 1. The van der Waals surface area contributed by atoms with Crippen LogP contribution in [0.5, 0.6) is 0 Å². The number of amides is 2. The molecule has 5 N–H and O–H groups in total. The van der Waals surface area contributed by atoms with Gasteiger partial charge in [0.2, 0.25) is 11.8 Å². The van der Waals surface area contributed by atoms with Crippen LogP contribution in [0.1, 0.15) is 30.2 Å². The number of hydrogen-bond acceptors (Lipinski definition) is 5. The van der Waals surface area contributed by atoms with Crippen LogP contribution >= 0.6 is 0 Å². The summed E-state index contributed by atoms with van der Waals surface area (Å²) in [6.45, 7) is 4.68. The lowest BCUT2D eigenvalue weighted by atomic mass is 9.95. The van der Waals surface area contributed by atoms with Gasteiger partial charge >= 0.3 is 0 Å². The smallest absolute Gasteiger partial charge is 0.242 e. The van der Waals surface area contributed by atoms with Crippen LogP contribution in [0.4, 0.5) is 5.82 Å². The van der Waals surface area contributed by atoms with E-state index in [-0.39, 0.29) is 17.9 Å². The zero-order valence-electron chi connectivity index (χ0n) is 19.1. The summed E-state index contributed by atoms with van der Waals surface area (Å²) in [5.41, 5.74) is 8.62. The number of rotatable bonds is 7. The minimum Gasteiger partial charge on any atom is -0.384 e. The molecule has 1 aromatic heterocycles. The lowest BCUT2D eigenvalue weighted by molar-refractivity contribution is -0.129. The highest BCUT2D eigenvalue weighted by Gasteiger charge is 2.30. The molecule has 1 fully saturated rings. The molecular formula is C26H31N5O2. The number of nitrogens with zero attached hydrogens (tertiary/aromatic N) is 1. The van der Waals surface area contributed by atoms with E-state index in [0.717, 1.165) is 30.6 Å². The Morgan fingerprint density at radius 3 is 2.73 bits per heavy atom. The second-order valence-corrected chi connectivity index (χ2v) is 8.88. The number of hydrogen-bond donors (Lipinski definition) is 4. The Labute approximate surface area is 194 Å². The quantitative estimate of drug-likeness (QED) is 0.447. The molecule has 3 atom stereocenters. The third-order valence-electron chi connectivity index (χ3n) is 6.30. The summed E-state index contributed by atoms with van der Waals surface area (Å²) in [5, 5.41) is 11.5. The number of carbonyl (C=O) groups is 2. The molecule has 0 aliphatic carbocycles. The maximum absolute atomic E-state index is 12.7. The average molecular weight is 446 g/mol. The highest BCUT2D eigenvalue weighted by Crippen LogP contribution is 2.22. The van der Waals surface area contributed by atoms with E-state index in [1.54, 1.807) is 13.0 Å². The highest BCUT2D eigenvalue weighted by atomic mass is 16.2. The predicted octanol–water partition coefficient (Wildman–Crippen LogP) is 2.47. The summed E-state index contributed by atoms with van der Waals surface area (Å²) in [6.07, 6.45) is 1.68. The number of nitrogens with two attached hydrogens (primary N) is 1. The minimum absolute atomic E-state index is 0.135. The summed E-state index contributed by atoms with van der Waals surface area (Å²) in [7, 11) is 0. The van der Waals surface area contributed by atoms with Crippen molar-refractivity contribution >= 4 is 28.4 Å². The molecule has 3 aromatic rings. The standard InChI is InChI=1S/C26H31N5O2/c1-16-22(9-10-24(27)30-16)15-29-25(32)17(2)31-26(33)23-13-19(14-28-23)11-18-7-8-20-5-3-4-6-21(20)12-18/h3-10,12,17,19,23,28H,11,13-15H2,1-2H3,(H2,27,30)(H,29,32)(H,31,33)/t17-,19?,23?/m0/s1. The van der Waals surface area contributed by atoms with Crippen molar-refractivity contribution in [1.82, 2.24) is 20.9 Å². The molecular weight excluding hydrogens is 414 g/mol. The van der Waals surface area contributed by atoms with Gasteiger partial charge in [0.15, 0.2) is 0 Å². The van der Waals surface area contributed by atoms with E-state index in [9.17, 15) is 9.59 Å². The lowest BCUT2D eigenvalue weighted by Crippen LogP contribution is -2.50. The van der Waals surface area contributed by atoms with Crippen molar-refractivity contribution < 1.29 is 9.59 Å². The van der Waals surface area contributed by atoms with Crippen molar-refractivity contribution in [2.45, 2.75) is 45.3 Å². The van der Waals surface area contributed by atoms with Gasteiger partial charge in [0.25, 0.3) is 0 Å². The molecule has 33 heavy (non-hydrogen) atoms. The topological polar surface area (TPSA) is 109 Å². The molecule has 1 aliphatic rings. The fourth-order valence-electron chi connectivity index (χ4n) is 4.37. The molecule has 0 saturated carbocycles. The third-order valence-corrected chi connectivity index (χ3v) is 6.30. The zero-order chi connectivity index (χ0) is 23.4. The minimum atomic E-state index is -0.624. The van der Waals surface area contributed by atoms with Gasteiger partial charge in [0.1, 0.15) is 11.9 Å². The molecule has 0 radical (unpaired) electrons. The van der Waals surface area contributed by atoms with Crippen molar-refractivity contribution in [1.29, 1.82) is 0 Å². The summed E-state index contributed by atoms with van der Waals surface area (Å²) in [6, 6.07) is 17.5. The summed E-state index contributed by atoms with van der Waals surface area (Å²) < 4.78 is 0. The SMILES string of the molecule is Cc1nc(N)ccc1CNC(=O)[C@H](C)NC(=O)C1CC(Cc2ccc3ccccc3c2)CN1. The molecule has 7 nitrogen and oxygen atoms in total. The highest BCUT2D eigenvalue weighted by molar-refractivity contribution is 5.89. The first-order valence-corrected chi connectivity index (χ1v) is 11.4. The van der Waals surface area contributed by atoms with Crippen molar-refractivity contribution in [3.05, 3.63) is 71.4 Å². The maximum atomic E-state index is 12.7. The number of aryl methyl sites for hydroxylation is 1. The second-order valence-electron chi connectivity index (χ2n) is 8.88. The number of anilines is 1. The van der Waals surface area contributed by atoms with Crippen molar-refractivity contribution in [2.24, 2.45) is 5.92 Å². The molecule has 4 rings (SSSR count). The fourth-order valence-corrected chi connectivity index (χ4v) is 4.37. The van der Waals surface area contributed by atoms with E-state index in [1.165, 1.54) is 16.3 Å². The van der Waals surface area contributed by atoms with Gasteiger partial charge in [-0.25, -0.2) is 4.98 Å². The van der Waals surface area contributed by atoms with Gasteiger partial charge in [-0.3, -0.25) is 9.59 Å². The number of carbonyl (C=O) groups excluding carboxylic acids is 2. The average Bonchev–Trinajstić information content (AvgIpc) is 3.27. The Bertz CT molecular complexity index is 1160. The Morgan fingerprint density at radius 2 is 1.94 bits per heavy atom. The van der Waals surface area contributed by atoms with Gasteiger partial charge in [0.05, 0.1) is 6.04 Å². The number of aromatic nitrogens is 1. The lowest BCUT2D eigenvalue weighted by Gasteiger charge is -2.17. The molecule has 2 aromatic carbocycles. The fraction of sp³-hybridized carbons (Fsp3) is 0.346. The summed E-state index contributed by atoms with van der Waals surface area (Å²) in [5.74, 6) is 0.465. The van der Waals surface area contributed by atoms with Gasteiger partial charge in [-0.1, -0.05) is 48.5 Å². The van der Waals surface area contributed by atoms with E-state index in [0.29, 0.717) is 18.3 Å². The van der Waals surface area contributed by atoms with E-state index in [4.69, 9.17) is 5.73 Å². The van der Waals surface area contributed by atoms with Crippen LogP contribution in [-0.2, 0) is 22.6 Å². The second kappa shape index (κ2) is 10.0. The van der Waals surface area contributed by atoms with Crippen LogP contribution in [-0.4, -0.2) is 35.4 Å². The van der Waals surface area contributed by atoms with E-state index in [2.05, 4.69) is 57.3 Å². The first-order valence-electron chi connectivity index (χ1n) is 11.4. The monoisotopic (exact) mass is 445 g/mol. The molecule has 1 aliphatic heterocycles. The zero-order valence-corrected chi connectivity index (χ0v) is 19.1. The molecule has 7 heteroatoms. The first-order chi connectivity index (χ1) is 15.9. The van der Waals surface area contributed by atoms with Crippen LogP contribution in [0.3, 0.4) is 0 Å². The predicted molar refractivity (Wildman–Crippen MR) is 130 cm³/mol. The largest absolute Gasteiger partial charge is 0.384 e. The Balaban J connectivity index is 1.25. The Kier molecular flexibility index (Phi) is 6.89. The summed E-state index contributed by atoms with van der Waals surface area (Å²) >= 11 is 0.